The third-order valence-corrected chi connectivity index (χ3v) is 12.1. The Bertz CT molecular complexity index is 1110. The lowest BCUT2D eigenvalue weighted by molar-refractivity contribution is 0.145. The van der Waals surface area contributed by atoms with Crippen LogP contribution in [0.5, 0.6) is 0 Å². The van der Waals surface area contributed by atoms with E-state index in [1.165, 1.54) is 16.2 Å². The maximum absolute atomic E-state index is 2.76. The fourth-order valence-electron chi connectivity index (χ4n) is 6.41. The Balaban J connectivity index is 2.06. The van der Waals surface area contributed by atoms with E-state index in [0.717, 1.165) is 6.16 Å². The van der Waals surface area contributed by atoms with Gasteiger partial charge in [0.25, 0.3) is 0 Å². The van der Waals surface area contributed by atoms with Crippen LogP contribution in [0.4, 0.5) is 0 Å². The highest BCUT2D eigenvalue weighted by Gasteiger charge is 2.64. The van der Waals surface area contributed by atoms with Crippen molar-refractivity contribution in [3.8, 4) is 0 Å². The van der Waals surface area contributed by atoms with E-state index in [1.54, 1.807) is 11.0 Å². The molecule has 2 nitrogen and oxygen atoms in total. The first-order valence-electron chi connectivity index (χ1n) is 14.0. The maximum Gasteiger partial charge on any atom is 0.127 e. The van der Waals surface area contributed by atoms with Gasteiger partial charge in [0.05, 0.1) is 11.9 Å². The van der Waals surface area contributed by atoms with E-state index in [1.807, 2.05) is 0 Å². The van der Waals surface area contributed by atoms with Crippen LogP contribution in [0, 0.1) is 0 Å². The van der Waals surface area contributed by atoms with E-state index < -0.39 is 7.26 Å². The third-order valence-electron chi connectivity index (χ3n) is 7.65. The molecule has 4 rings (SSSR count). The van der Waals surface area contributed by atoms with Gasteiger partial charge in [-0.05, 0) is 85.2 Å². The zero-order valence-corrected chi connectivity index (χ0v) is 25.0. The van der Waals surface area contributed by atoms with Gasteiger partial charge in [-0.3, -0.25) is 4.90 Å². The van der Waals surface area contributed by atoms with Crippen LogP contribution in [0.15, 0.2) is 102 Å². The predicted octanol–water partition coefficient (Wildman–Crippen LogP) is 7.69. The monoisotopic (exact) mass is 513 g/mol. The second-order valence-corrected chi connectivity index (χ2v) is 15.0. The summed E-state index contributed by atoms with van der Waals surface area (Å²) in [5.74, 6) is 0. The summed E-state index contributed by atoms with van der Waals surface area (Å²) >= 11 is 0. The van der Waals surface area contributed by atoms with Crippen molar-refractivity contribution in [3.05, 3.63) is 108 Å². The fourth-order valence-corrected chi connectivity index (χ4v) is 11.2. The molecule has 0 fully saturated rings. The smallest absolute Gasteiger partial charge is 0.127 e. The third kappa shape index (κ3) is 5.43. The molecule has 0 spiro atoms. The lowest BCUT2D eigenvalue weighted by Gasteiger charge is -2.36. The Morgan fingerprint density at radius 2 is 0.973 bits per heavy atom. The molecule has 0 aliphatic heterocycles. The van der Waals surface area contributed by atoms with E-state index in [-0.39, 0.29) is 0 Å². The average molecular weight is 514 g/mol. The molecule has 3 aromatic carbocycles. The van der Waals surface area contributed by atoms with Crippen molar-refractivity contribution in [2.75, 3.05) is 0 Å². The molecule has 0 aromatic heterocycles. The van der Waals surface area contributed by atoms with Crippen LogP contribution in [-0.4, -0.2) is 40.0 Å². The topological polar surface area (TPSA) is 6.48 Å². The summed E-state index contributed by atoms with van der Waals surface area (Å²) in [6.45, 7) is 18.9. The quantitative estimate of drug-likeness (QED) is 0.243. The Labute approximate surface area is 226 Å². The van der Waals surface area contributed by atoms with Crippen LogP contribution in [-0.2, 0) is 6.16 Å². The van der Waals surface area contributed by atoms with E-state index in [4.69, 9.17) is 0 Å². The number of rotatable bonds is 11. The summed E-state index contributed by atoms with van der Waals surface area (Å²) in [7, 11) is -1.97. The van der Waals surface area contributed by atoms with Crippen molar-refractivity contribution in [3.63, 3.8) is 0 Å². The van der Waals surface area contributed by atoms with Gasteiger partial charge >= 0.3 is 0 Å². The molecule has 1 atom stereocenters. The summed E-state index contributed by atoms with van der Waals surface area (Å²) in [4.78, 5) is 5.47. The number of nitrogens with zero attached hydrogens (tertiary/aromatic N) is 2. The first-order valence-corrected chi connectivity index (χ1v) is 16.0. The van der Waals surface area contributed by atoms with Crippen LogP contribution in [0.25, 0.3) is 0 Å². The highest BCUT2D eigenvalue weighted by atomic mass is 31.2. The Hall–Kier alpha value is -2.41. The number of hydrogen-bond acceptors (Lipinski definition) is 2. The molecule has 0 amide bonds. The van der Waals surface area contributed by atoms with Crippen molar-refractivity contribution in [2.45, 2.75) is 91.8 Å². The molecular formula is C34H46N2P+. The van der Waals surface area contributed by atoms with Gasteiger partial charge in [-0.1, -0.05) is 66.7 Å². The molecule has 1 aliphatic carbocycles. The normalized spacial score (nSPS) is 16.0. The minimum absolute atomic E-state index is 0.363. The van der Waals surface area contributed by atoms with Crippen LogP contribution in [0.3, 0.4) is 0 Å². The molecule has 1 aliphatic rings. The molecular weight excluding hydrogens is 467 g/mol. The molecule has 0 radical (unpaired) electrons. The van der Waals surface area contributed by atoms with Crippen LogP contribution >= 0.6 is 7.26 Å². The Morgan fingerprint density at radius 3 is 1.35 bits per heavy atom. The first kappa shape index (κ1) is 27.6. The van der Waals surface area contributed by atoms with Crippen molar-refractivity contribution in [1.82, 2.24) is 9.80 Å². The molecule has 1 unspecified atom stereocenters. The molecule has 0 heterocycles. The summed E-state index contributed by atoms with van der Waals surface area (Å²) < 4.78 is 0. The highest BCUT2D eigenvalue weighted by Crippen LogP contribution is 2.74. The summed E-state index contributed by atoms with van der Waals surface area (Å²) in [6.07, 6.45) is 1.05. The van der Waals surface area contributed by atoms with Gasteiger partial charge in [-0.25, -0.2) is 0 Å². The Kier molecular flexibility index (Phi) is 8.62. The second kappa shape index (κ2) is 11.5. The fraction of sp³-hybridized carbons (Fsp3) is 0.412. The largest absolute Gasteiger partial charge is 0.365 e. The minimum atomic E-state index is -1.97. The standard InChI is InChI=1S/C34H46N2P/c1-25(2)35(26(3)4)32-33(36(27(5)6)28(7)8)34(32)37(30-20-14-10-15-21-30,31-22-16-11-17-23-31)24-29-18-12-9-13-19-29/h9-23,25-28,32H,24H2,1-8H3/q+1. The second-order valence-electron chi connectivity index (χ2n) is 11.5. The van der Waals surface area contributed by atoms with Crippen LogP contribution in [0.1, 0.15) is 61.0 Å². The minimum Gasteiger partial charge on any atom is -0.365 e. The van der Waals surface area contributed by atoms with Gasteiger partial charge < -0.3 is 4.90 Å². The van der Waals surface area contributed by atoms with Crippen molar-refractivity contribution < 1.29 is 0 Å². The van der Waals surface area contributed by atoms with Crippen LogP contribution < -0.4 is 10.6 Å². The highest BCUT2D eigenvalue weighted by molar-refractivity contribution is 7.92. The van der Waals surface area contributed by atoms with E-state index >= 15 is 0 Å². The summed E-state index contributed by atoms with van der Waals surface area (Å²) in [5.41, 5.74) is 2.99. The molecule has 37 heavy (non-hydrogen) atoms. The van der Waals surface area contributed by atoms with Gasteiger partial charge in [0, 0.05) is 24.2 Å². The average Bonchev–Trinajstić information content (AvgIpc) is 3.57. The molecule has 0 bridgehead atoms. The number of benzene rings is 3. The van der Waals surface area contributed by atoms with E-state index in [2.05, 4.69) is 156 Å². The van der Waals surface area contributed by atoms with Crippen molar-refractivity contribution in [2.24, 2.45) is 0 Å². The van der Waals surface area contributed by atoms with Gasteiger partial charge in [-0.2, -0.15) is 0 Å². The number of hydrogen-bond donors (Lipinski definition) is 0. The van der Waals surface area contributed by atoms with Gasteiger partial charge in [0.15, 0.2) is 0 Å². The van der Waals surface area contributed by atoms with Gasteiger partial charge in [0.2, 0.25) is 0 Å². The molecule has 0 saturated carbocycles. The lowest BCUT2D eigenvalue weighted by Crippen LogP contribution is -2.44. The van der Waals surface area contributed by atoms with Gasteiger partial charge in [0.1, 0.15) is 29.2 Å². The molecule has 0 N–H and O–H groups in total. The predicted molar refractivity (Wildman–Crippen MR) is 164 cm³/mol. The summed E-state index contributed by atoms with van der Waals surface area (Å²) in [6, 6.07) is 36.2. The maximum atomic E-state index is 2.76. The van der Waals surface area contributed by atoms with Crippen LogP contribution in [0.2, 0.25) is 0 Å². The molecule has 3 aromatic rings. The molecule has 196 valence electrons. The molecule has 3 heteroatoms. The zero-order valence-electron chi connectivity index (χ0n) is 24.1. The van der Waals surface area contributed by atoms with E-state index in [0.29, 0.717) is 30.2 Å². The van der Waals surface area contributed by atoms with E-state index in [9.17, 15) is 0 Å². The van der Waals surface area contributed by atoms with Gasteiger partial charge in [-0.15, -0.1) is 0 Å². The zero-order chi connectivity index (χ0) is 26.7. The van der Waals surface area contributed by atoms with Crippen molar-refractivity contribution in [1.29, 1.82) is 0 Å². The lowest BCUT2D eigenvalue weighted by atomic mass is 10.2. The first-order chi connectivity index (χ1) is 17.7. The summed E-state index contributed by atoms with van der Waals surface area (Å²) in [5, 5.41) is 4.65. The SMILES string of the molecule is CC(C)N(C1=C([P+](Cc2ccccc2)(c2ccccc2)c2ccccc2)C1N(C(C)C)C(C)C)C(C)C. The Morgan fingerprint density at radius 1 is 0.568 bits per heavy atom. The van der Waals surface area contributed by atoms with Crippen molar-refractivity contribution >= 4 is 17.9 Å². The molecule has 0 saturated heterocycles.